The molecule has 2 heteroatoms. The number of benzene rings is 1. The Morgan fingerprint density at radius 1 is 1.28 bits per heavy atom. The molecule has 0 saturated heterocycles. The van der Waals surface area contributed by atoms with Gasteiger partial charge in [0.25, 0.3) is 0 Å². The van der Waals surface area contributed by atoms with E-state index < -0.39 is 0 Å². The van der Waals surface area contributed by atoms with Gasteiger partial charge in [0.15, 0.2) is 0 Å². The fraction of sp³-hybridized carbons (Fsp3) is 0.625. The van der Waals surface area contributed by atoms with Crippen LogP contribution in [0.4, 0.5) is 0 Å². The third-order valence-electron chi connectivity index (χ3n) is 3.72. The Hall–Kier alpha value is -1.02. The Morgan fingerprint density at radius 3 is 2.50 bits per heavy atom. The van der Waals surface area contributed by atoms with Crippen molar-refractivity contribution in [3.63, 3.8) is 0 Å². The molecule has 1 aromatic carbocycles. The quantitative estimate of drug-likeness (QED) is 0.789. The predicted molar refractivity (Wildman–Crippen MR) is 78.4 cm³/mol. The van der Waals surface area contributed by atoms with Crippen molar-refractivity contribution in [2.24, 2.45) is 0 Å². The molecule has 102 valence electrons. The smallest absolute Gasteiger partial charge is 0.123 e. The third-order valence-corrected chi connectivity index (χ3v) is 3.72. The van der Waals surface area contributed by atoms with Gasteiger partial charge in [-0.2, -0.15) is 0 Å². The first-order valence-electron chi connectivity index (χ1n) is 6.98. The van der Waals surface area contributed by atoms with Gasteiger partial charge < -0.3 is 10.1 Å². The summed E-state index contributed by atoms with van der Waals surface area (Å²) in [5, 5.41) is 3.22. The number of hydrogen-bond acceptors (Lipinski definition) is 2. The first-order valence-corrected chi connectivity index (χ1v) is 6.98. The van der Waals surface area contributed by atoms with E-state index in [1.807, 2.05) is 7.05 Å². The lowest BCUT2D eigenvalue weighted by molar-refractivity contribution is 0.0842. The van der Waals surface area contributed by atoms with Crippen molar-refractivity contribution in [2.75, 3.05) is 13.6 Å². The van der Waals surface area contributed by atoms with E-state index in [2.05, 4.69) is 57.3 Å². The minimum atomic E-state index is -0.141. The van der Waals surface area contributed by atoms with Gasteiger partial charge in [0.05, 0.1) is 0 Å². The van der Waals surface area contributed by atoms with E-state index in [-0.39, 0.29) is 5.60 Å². The van der Waals surface area contributed by atoms with Crippen LogP contribution in [0.3, 0.4) is 0 Å². The van der Waals surface area contributed by atoms with E-state index in [1.165, 1.54) is 5.56 Å². The van der Waals surface area contributed by atoms with Gasteiger partial charge in [0.1, 0.15) is 11.4 Å². The van der Waals surface area contributed by atoms with Gasteiger partial charge in [-0.3, -0.25) is 0 Å². The van der Waals surface area contributed by atoms with Crippen molar-refractivity contribution in [3.05, 3.63) is 29.8 Å². The van der Waals surface area contributed by atoms with Crippen molar-refractivity contribution in [2.45, 2.75) is 52.1 Å². The summed E-state index contributed by atoms with van der Waals surface area (Å²) in [6.45, 7) is 9.66. The van der Waals surface area contributed by atoms with Crippen LogP contribution in [0.25, 0.3) is 0 Å². The molecular weight excluding hydrogens is 222 g/mol. The number of nitrogens with one attached hydrogen (secondary N) is 1. The monoisotopic (exact) mass is 249 g/mol. The zero-order valence-corrected chi connectivity index (χ0v) is 12.4. The molecule has 1 N–H and O–H groups in total. The standard InChI is InChI=1S/C16H27NO/c1-6-13(3)14-10-8-9-11-15(14)18-16(4,7-2)12-17-5/h8-11,13,17H,6-7,12H2,1-5H3. The second-order valence-corrected chi connectivity index (χ2v) is 5.28. The lowest BCUT2D eigenvalue weighted by Crippen LogP contribution is -2.41. The molecule has 0 bridgehead atoms. The van der Waals surface area contributed by atoms with Gasteiger partial charge in [-0.25, -0.2) is 0 Å². The molecule has 0 spiro atoms. The van der Waals surface area contributed by atoms with Crippen LogP contribution in [-0.4, -0.2) is 19.2 Å². The summed E-state index contributed by atoms with van der Waals surface area (Å²) >= 11 is 0. The normalized spacial score (nSPS) is 16.1. The van der Waals surface area contributed by atoms with Crippen LogP contribution in [0.5, 0.6) is 5.75 Å². The first-order chi connectivity index (χ1) is 8.56. The zero-order valence-electron chi connectivity index (χ0n) is 12.4. The fourth-order valence-electron chi connectivity index (χ4n) is 2.07. The second kappa shape index (κ2) is 6.79. The van der Waals surface area contributed by atoms with Gasteiger partial charge in [-0.1, -0.05) is 39.0 Å². The molecule has 0 amide bonds. The number of hydrogen-bond donors (Lipinski definition) is 1. The summed E-state index contributed by atoms with van der Waals surface area (Å²) in [5.41, 5.74) is 1.17. The van der Waals surface area contributed by atoms with Crippen molar-refractivity contribution in [1.29, 1.82) is 0 Å². The van der Waals surface area contributed by atoms with Crippen molar-refractivity contribution < 1.29 is 4.74 Å². The molecule has 0 aromatic heterocycles. The van der Waals surface area contributed by atoms with E-state index in [1.54, 1.807) is 0 Å². The lowest BCUT2D eigenvalue weighted by atomic mass is 9.97. The Bertz CT molecular complexity index is 364. The Balaban J connectivity index is 2.95. The molecule has 2 atom stereocenters. The summed E-state index contributed by atoms with van der Waals surface area (Å²) < 4.78 is 6.28. The SMILES string of the molecule is CCC(C)c1ccccc1OC(C)(CC)CNC. The van der Waals surface area contributed by atoms with Gasteiger partial charge in [0.2, 0.25) is 0 Å². The van der Waals surface area contributed by atoms with Gasteiger partial charge >= 0.3 is 0 Å². The third kappa shape index (κ3) is 3.74. The van der Waals surface area contributed by atoms with Crippen molar-refractivity contribution in [3.8, 4) is 5.75 Å². The maximum atomic E-state index is 6.28. The van der Waals surface area contributed by atoms with Crippen LogP contribution in [0.15, 0.2) is 24.3 Å². The molecule has 2 nitrogen and oxygen atoms in total. The van der Waals surface area contributed by atoms with E-state index in [0.29, 0.717) is 5.92 Å². The van der Waals surface area contributed by atoms with Crippen molar-refractivity contribution >= 4 is 0 Å². The second-order valence-electron chi connectivity index (χ2n) is 5.28. The number of likely N-dealkylation sites (N-methyl/N-ethyl adjacent to an activating group) is 1. The summed E-state index contributed by atoms with van der Waals surface area (Å²) in [7, 11) is 1.97. The van der Waals surface area contributed by atoms with E-state index in [4.69, 9.17) is 4.74 Å². The van der Waals surface area contributed by atoms with Gasteiger partial charge in [0, 0.05) is 6.54 Å². The van der Waals surface area contributed by atoms with E-state index in [9.17, 15) is 0 Å². The van der Waals surface area contributed by atoms with Gasteiger partial charge in [-0.15, -0.1) is 0 Å². The molecule has 0 radical (unpaired) electrons. The highest BCUT2D eigenvalue weighted by molar-refractivity contribution is 5.36. The molecule has 0 saturated carbocycles. The number of rotatable bonds is 7. The maximum Gasteiger partial charge on any atom is 0.123 e. The Kier molecular flexibility index (Phi) is 5.67. The minimum Gasteiger partial charge on any atom is -0.486 e. The predicted octanol–water partition coefficient (Wildman–Crippen LogP) is 3.97. The molecular formula is C16H27NO. The summed E-state index contributed by atoms with van der Waals surface area (Å²) in [6.07, 6.45) is 2.12. The molecule has 18 heavy (non-hydrogen) atoms. The fourth-order valence-corrected chi connectivity index (χ4v) is 2.07. The lowest BCUT2D eigenvalue weighted by Gasteiger charge is -2.31. The van der Waals surface area contributed by atoms with Crippen LogP contribution in [0, 0.1) is 0 Å². The largest absolute Gasteiger partial charge is 0.486 e. The van der Waals surface area contributed by atoms with Crippen LogP contribution in [0.2, 0.25) is 0 Å². The molecule has 0 fully saturated rings. The maximum absolute atomic E-state index is 6.28. The average Bonchev–Trinajstić information content (AvgIpc) is 2.39. The zero-order chi connectivity index (χ0) is 13.6. The van der Waals surface area contributed by atoms with E-state index >= 15 is 0 Å². The van der Waals surface area contributed by atoms with E-state index in [0.717, 1.165) is 25.1 Å². The molecule has 0 aliphatic heterocycles. The topological polar surface area (TPSA) is 21.3 Å². The molecule has 0 aliphatic carbocycles. The summed E-state index contributed by atoms with van der Waals surface area (Å²) in [6, 6.07) is 8.41. The highest BCUT2D eigenvalue weighted by atomic mass is 16.5. The van der Waals surface area contributed by atoms with Crippen LogP contribution >= 0.6 is 0 Å². The average molecular weight is 249 g/mol. The Morgan fingerprint density at radius 2 is 1.94 bits per heavy atom. The van der Waals surface area contributed by atoms with Crippen LogP contribution in [0.1, 0.15) is 52.0 Å². The van der Waals surface area contributed by atoms with Crippen LogP contribution in [-0.2, 0) is 0 Å². The molecule has 0 aliphatic rings. The molecule has 1 rings (SSSR count). The number of para-hydroxylation sites is 1. The van der Waals surface area contributed by atoms with Gasteiger partial charge in [-0.05, 0) is 44.4 Å². The molecule has 0 heterocycles. The highest BCUT2D eigenvalue weighted by Crippen LogP contribution is 2.31. The first kappa shape index (κ1) is 15.0. The minimum absolute atomic E-state index is 0.141. The van der Waals surface area contributed by atoms with Crippen molar-refractivity contribution in [1.82, 2.24) is 5.32 Å². The number of ether oxygens (including phenoxy) is 1. The summed E-state index contributed by atoms with van der Waals surface area (Å²) in [4.78, 5) is 0. The molecule has 1 aromatic rings. The highest BCUT2D eigenvalue weighted by Gasteiger charge is 2.24. The molecule has 2 unspecified atom stereocenters. The summed E-state index contributed by atoms with van der Waals surface area (Å²) in [5.74, 6) is 1.57. The Labute approximate surface area is 112 Å². The van der Waals surface area contributed by atoms with Crippen LogP contribution < -0.4 is 10.1 Å².